The molecule has 0 radical (unpaired) electrons. The van der Waals surface area contributed by atoms with E-state index in [4.69, 9.17) is 0 Å². The lowest BCUT2D eigenvalue weighted by atomic mass is 9.85. The molecular weight excluding hydrogens is 1040 g/mol. The van der Waals surface area contributed by atoms with Gasteiger partial charge in [-0.3, -0.25) is 0 Å². The van der Waals surface area contributed by atoms with Crippen LogP contribution in [0.15, 0.2) is 206 Å². The molecule has 86 heavy (non-hydrogen) atoms. The Hall–Kier alpha value is -9.12. The average molecular weight is 1120 g/mol. The fourth-order valence-corrected chi connectivity index (χ4v) is 15.9. The van der Waals surface area contributed by atoms with Crippen molar-refractivity contribution in [2.75, 3.05) is 9.80 Å². The first kappa shape index (κ1) is 52.4. The zero-order valence-electron chi connectivity index (χ0n) is 50.3. The molecule has 422 valence electrons. The summed E-state index contributed by atoms with van der Waals surface area (Å²) < 4.78 is 5.04. The summed E-state index contributed by atoms with van der Waals surface area (Å²) >= 11 is 0. The lowest BCUT2D eigenvalue weighted by Gasteiger charge is -2.34. The molecule has 12 aromatic carbocycles. The Kier molecular flexibility index (Phi) is 13.1. The molecule has 4 nitrogen and oxygen atoms in total. The molecule has 0 saturated heterocycles. The number of para-hydroxylation sites is 2. The predicted octanol–water partition coefficient (Wildman–Crippen LogP) is 22.5. The van der Waals surface area contributed by atoms with E-state index in [0.29, 0.717) is 0 Å². The Bertz CT molecular complexity index is 4660. The fraction of sp³-hybridized carbons (Fsp3) is 0.220. The van der Waals surface area contributed by atoms with Crippen molar-refractivity contribution in [3.8, 4) is 11.4 Å². The number of benzene rings is 12. The van der Waals surface area contributed by atoms with Crippen molar-refractivity contribution in [1.82, 2.24) is 9.13 Å². The SMILES string of the molecule is CCCc1cc(N(c2cccc3c2CCCC3)c2cccc3c2c2ccccc2n3-c2cccc(CC)c2)c2ccc3c(CCC)cc(N(c4cccc5c4CCCC5)c4cccc5c4c4ccccc4n5-c4cccc(CC)c4)c4ccc1c2c34. The minimum absolute atomic E-state index is 0.976. The average Bonchev–Trinajstić information content (AvgIpc) is 1.03. The van der Waals surface area contributed by atoms with Gasteiger partial charge in [-0.15, -0.1) is 0 Å². The number of hydrogen-bond donors (Lipinski definition) is 0. The molecule has 0 N–H and O–H groups in total. The highest BCUT2D eigenvalue weighted by atomic mass is 15.2. The quantitative estimate of drug-likeness (QED) is 0.101. The molecule has 0 spiro atoms. The first-order valence-electron chi connectivity index (χ1n) is 32.3. The van der Waals surface area contributed by atoms with E-state index in [1.54, 1.807) is 0 Å². The minimum Gasteiger partial charge on any atom is -0.309 e. The van der Waals surface area contributed by atoms with Gasteiger partial charge in [0.25, 0.3) is 0 Å². The van der Waals surface area contributed by atoms with Gasteiger partial charge < -0.3 is 18.9 Å². The van der Waals surface area contributed by atoms with Gasteiger partial charge in [0, 0.05) is 55.1 Å². The summed E-state index contributed by atoms with van der Waals surface area (Å²) in [6.07, 6.45) is 15.2. The third-order valence-corrected chi connectivity index (χ3v) is 19.8. The van der Waals surface area contributed by atoms with Crippen LogP contribution in [0.5, 0.6) is 0 Å². The van der Waals surface area contributed by atoms with Crippen molar-refractivity contribution in [2.24, 2.45) is 0 Å². The van der Waals surface area contributed by atoms with Crippen LogP contribution in [0, 0.1) is 0 Å². The van der Waals surface area contributed by atoms with Crippen molar-refractivity contribution in [1.29, 1.82) is 0 Å². The van der Waals surface area contributed by atoms with E-state index in [2.05, 4.69) is 253 Å². The number of fused-ring (bicyclic) bond motifs is 8. The molecule has 2 aromatic heterocycles. The zero-order chi connectivity index (χ0) is 57.6. The molecule has 0 aliphatic heterocycles. The van der Waals surface area contributed by atoms with Crippen LogP contribution in [0.4, 0.5) is 34.1 Å². The Morgan fingerprint density at radius 2 is 0.709 bits per heavy atom. The highest BCUT2D eigenvalue weighted by Gasteiger charge is 2.31. The van der Waals surface area contributed by atoms with E-state index in [1.807, 2.05) is 0 Å². The van der Waals surface area contributed by atoms with Crippen molar-refractivity contribution >= 4 is 110 Å². The van der Waals surface area contributed by atoms with Gasteiger partial charge in [-0.1, -0.05) is 162 Å². The molecular formula is C82H74N4. The summed E-state index contributed by atoms with van der Waals surface area (Å²) in [7, 11) is 0. The highest BCUT2D eigenvalue weighted by molar-refractivity contribution is 6.30. The Balaban J connectivity index is 1.02. The second-order valence-electron chi connectivity index (χ2n) is 24.7. The molecule has 0 amide bonds. The summed E-state index contributed by atoms with van der Waals surface area (Å²) in [5.74, 6) is 0. The molecule has 0 atom stereocenters. The molecule has 0 fully saturated rings. The van der Waals surface area contributed by atoms with Gasteiger partial charge in [0.1, 0.15) is 0 Å². The second-order valence-corrected chi connectivity index (χ2v) is 24.7. The zero-order valence-corrected chi connectivity index (χ0v) is 50.3. The van der Waals surface area contributed by atoms with Crippen molar-refractivity contribution < 1.29 is 0 Å². The van der Waals surface area contributed by atoms with Crippen LogP contribution in [0.25, 0.3) is 87.3 Å². The molecule has 2 aliphatic rings. The van der Waals surface area contributed by atoms with Gasteiger partial charge in [0.15, 0.2) is 0 Å². The van der Waals surface area contributed by atoms with Gasteiger partial charge >= 0.3 is 0 Å². The van der Waals surface area contributed by atoms with Gasteiger partial charge in [-0.25, -0.2) is 0 Å². The number of rotatable bonds is 14. The normalized spacial score (nSPS) is 13.5. The molecule has 0 bridgehead atoms. The lowest BCUT2D eigenvalue weighted by molar-refractivity contribution is 0.686. The Morgan fingerprint density at radius 1 is 0.314 bits per heavy atom. The third kappa shape index (κ3) is 8.23. The predicted molar refractivity (Wildman–Crippen MR) is 368 cm³/mol. The number of aryl methyl sites for hydroxylation is 6. The van der Waals surface area contributed by atoms with Crippen LogP contribution in [0.2, 0.25) is 0 Å². The van der Waals surface area contributed by atoms with Crippen LogP contribution in [-0.2, 0) is 51.4 Å². The molecule has 2 aliphatic carbocycles. The van der Waals surface area contributed by atoms with Crippen LogP contribution < -0.4 is 9.80 Å². The van der Waals surface area contributed by atoms with E-state index in [-0.39, 0.29) is 0 Å². The van der Waals surface area contributed by atoms with Crippen LogP contribution in [-0.4, -0.2) is 9.13 Å². The summed E-state index contributed by atoms with van der Waals surface area (Å²) in [6, 6.07) is 80.5. The molecule has 4 heteroatoms. The monoisotopic (exact) mass is 1110 g/mol. The third-order valence-electron chi connectivity index (χ3n) is 19.8. The molecule has 14 aromatic rings. The first-order chi connectivity index (χ1) is 42.5. The summed E-state index contributed by atoms with van der Waals surface area (Å²) in [4.78, 5) is 5.47. The molecule has 0 saturated carbocycles. The second kappa shape index (κ2) is 21.4. The van der Waals surface area contributed by atoms with Gasteiger partial charge in [-0.05, 0) is 228 Å². The molecule has 2 heterocycles. The van der Waals surface area contributed by atoms with Gasteiger partial charge in [0.05, 0.1) is 44.8 Å². The van der Waals surface area contributed by atoms with Crippen molar-refractivity contribution in [2.45, 2.75) is 118 Å². The summed E-state index contributed by atoms with van der Waals surface area (Å²) in [6.45, 7) is 9.24. The first-order valence-corrected chi connectivity index (χ1v) is 32.3. The van der Waals surface area contributed by atoms with Crippen LogP contribution in [0.1, 0.15) is 111 Å². The number of nitrogens with zero attached hydrogens (tertiary/aromatic N) is 4. The smallest absolute Gasteiger partial charge is 0.0562 e. The highest BCUT2D eigenvalue weighted by Crippen LogP contribution is 2.54. The number of hydrogen-bond acceptors (Lipinski definition) is 2. The van der Waals surface area contributed by atoms with E-state index >= 15 is 0 Å². The number of anilines is 6. The van der Waals surface area contributed by atoms with E-state index < -0.39 is 0 Å². The minimum atomic E-state index is 0.976. The maximum Gasteiger partial charge on any atom is 0.0562 e. The van der Waals surface area contributed by atoms with Gasteiger partial charge in [0.2, 0.25) is 0 Å². The largest absolute Gasteiger partial charge is 0.309 e. The Labute approximate surface area is 505 Å². The van der Waals surface area contributed by atoms with E-state index in [0.717, 1.165) is 64.2 Å². The van der Waals surface area contributed by atoms with Crippen LogP contribution in [0.3, 0.4) is 0 Å². The van der Waals surface area contributed by atoms with Gasteiger partial charge in [-0.2, -0.15) is 0 Å². The maximum absolute atomic E-state index is 2.74. The topological polar surface area (TPSA) is 16.3 Å². The molecule has 16 rings (SSSR count). The lowest BCUT2D eigenvalue weighted by Crippen LogP contribution is -2.17. The van der Waals surface area contributed by atoms with E-state index in [9.17, 15) is 0 Å². The van der Waals surface area contributed by atoms with Crippen molar-refractivity contribution in [3.63, 3.8) is 0 Å². The van der Waals surface area contributed by atoms with Crippen LogP contribution >= 0.6 is 0 Å². The Morgan fingerprint density at radius 3 is 1.16 bits per heavy atom. The van der Waals surface area contributed by atoms with Crippen molar-refractivity contribution in [3.05, 3.63) is 251 Å². The standard InChI is InChI=1S/C82H74N4/c1-5-23-57-51-77(85(69-39-19-29-55-27-9-11-33-61(55)69)75-43-21-41-73-81(75)65-35-13-15-37-71(65)83(73)59-31-17-25-53(7-3)49-59)67-48-46-64-58(24-6-2)52-78(68-47-45-63(57)79(67)80(64)68)86(70-40-20-30-56-28-10-12-34-62(56)70)76-44-22-42-74-82(76)66-36-14-16-38-72(66)84(74)60-32-18-26-54(8-4)50-60/h13-22,25-26,29-32,35-52H,5-12,23-24,27-28,33-34H2,1-4H3. The maximum atomic E-state index is 2.74. The summed E-state index contributed by atoms with van der Waals surface area (Å²) in [5.41, 5.74) is 26.3. The van der Waals surface area contributed by atoms with E-state index in [1.165, 1.54) is 192 Å². The summed E-state index contributed by atoms with van der Waals surface area (Å²) in [5, 5.41) is 13.2. The molecule has 0 unspecified atom stereocenters. The fourth-order valence-electron chi connectivity index (χ4n) is 15.9. The number of aromatic nitrogens is 2.